The van der Waals surface area contributed by atoms with Gasteiger partial charge in [0.15, 0.2) is 5.65 Å². The monoisotopic (exact) mass is 648 g/mol. The van der Waals surface area contributed by atoms with E-state index in [1.807, 2.05) is 41.0 Å². The zero-order chi connectivity index (χ0) is 32.4. The van der Waals surface area contributed by atoms with Crippen molar-refractivity contribution in [2.45, 2.75) is 45.3 Å². The highest BCUT2D eigenvalue weighted by molar-refractivity contribution is 6.76. The van der Waals surface area contributed by atoms with Crippen LogP contribution in [0.5, 0.6) is 0 Å². The Morgan fingerprint density at radius 1 is 0.915 bits per heavy atom. The van der Waals surface area contributed by atoms with Crippen molar-refractivity contribution in [2.24, 2.45) is 0 Å². The quantitative estimate of drug-likeness (QED) is 0.139. The molecule has 0 saturated carbocycles. The molecule has 4 aromatic heterocycles. The smallest absolute Gasteiger partial charge is 0.366 e. The molecule has 1 aliphatic heterocycles. The fourth-order valence-electron chi connectivity index (χ4n) is 5.94. The fraction of sp³-hybridized carbons (Fsp3) is 0.343. The van der Waals surface area contributed by atoms with Crippen molar-refractivity contribution in [1.82, 2.24) is 33.9 Å². The first-order chi connectivity index (χ1) is 22.8. The van der Waals surface area contributed by atoms with E-state index >= 15 is 0 Å². The van der Waals surface area contributed by atoms with E-state index in [1.54, 1.807) is 11.0 Å². The maximum absolute atomic E-state index is 12.6. The van der Waals surface area contributed by atoms with Gasteiger partial charge in [-0.2, -0.15) is 10.1 Å². The molecule has 0 unspecified atom stereocenters. The molecule has 2 aromatic carbocycles. The Bertz CT molecular complexity index is 2060. The Balaban J connectivity index is 1.21. The van der Waals surface area contributed by atoms with Gasteiger partial charge < -0.3 is 14.4 Å². The van der Waals surface area contributed by atoms with E-state index in [4.69, 9.17) is 24.5 Å². The number of imidazole rings is 1. The molecule has 0 bridgehead atoms. The number of hydrogen-bond acceptors (Lipinski definition) is 8. The maximum Gasteiger partial charge on any atom is 0.366 e. The summed E-state index contributed by atoms with van der Waals surface area (Å²) in [5.41, 5.74) is 7.25. The lowest BCUT2D eigenvalue weighted by Crippen LogP contribution is -2.36. The zero-order valence-corrected chi connectivity index (χ0v) is 28.2. The van der Waals surface area contributed by atoms with Crippen molar-refractivity contribution in [3.63, 3.8) is 0 Å². The van der Waals surface area contributed by atoms with E-state index in [1.165, 1.54) is 4.68 Å². The Kier molecular flexibility index (Phi) is 8.71. The fourth-order valence-corrected chi connectivity index (χ4v) is 6.69. The van der Waals surface area contributed by atoms with Crippen LogP contribution in [0, 0.1) is 0 Å². The van der Waals surface area contributed by atoms with Gasteiger partial charge in [0.2, 0.25) is 0 Å². The Morgan fingerprint density at radius 2 is 1.72 bits per heavy atom. The average Bonchev–Trinajstić information content (AvgIpc) is 3.65. The van der Waals surface area contributed by atoms with Gasteiger partial charge in [0.1, 0.15) is 13.1 Å². The van der Waals surface area contributed by atoms with E-state index < -0.39 is 8.07 Å². The second-order valence-corrected chi connectivity index (χ2v) is 18.7. The largest absolute Gasteiger partial charge is 0.378 e. The first-order valence-electron chi connectivity index (χ1n) is 16.2. The lowest BCUT2D eigenvalue weighted by Gasteiger charge is -2.28. The third kappa shape index (κ3) is 6.75. The molecule has 7 rings (SSSR count). The van der Waals surface area contributed by atoms with Crippen molar-refractivity contribution in [3.8, 4) is 16.9 Å². The number of anilines is 1. The van der Waals surface area contributed by atoms with Gasteiger partial charge in [-0.05, 0) is 49.2 Å². The van der Waals surface area contributed by atoms with E-state index in [-0.39, 0.29) is 12.4 Å². The minimum Gasteiger partial charge on any atom is -0.378 e. The summed E-state index contributed by atoms with van der Waals surface area (Å²) >= 11 is 0. The molecule has 12 heteroatoms. The van der Waals surface area contributed by atoms with Gasteiger partial charge in [0, 0.05) is 44.4 Å². The minimum absolute atomic E-state index is 0.152. The first kappa shape index (κ1) is 31.0. The number of aryl methyl sites for hydroxylation is 2. The highest BCUT2D eigenvalue weighted by Crippen LogP contribution is 2.31. The lowest BCUT2D eigenvalue weighted by molar-refractivity contribution is 0.0711. The summed E-state index contributed by atoms with van der Waals surface area (Å²) in [5.74, 6) is 0. The molecule has 242 valence electrons. The van der Waals surface area contributed by atoms with Gasteiger partial charge in [-0.15, -0.1) is 0 Å². The number of pyridine rings is 1. The van der Waals surface area contributed by atoms with Gasteiger partial charge in [-0.25, -0.2) is 23.7 Å². The van der Waals surface area contributed by atoms with Crippen molar-refractivity contribution in [2.75, 3.05) is 37.8 Å². The first-order valence-corrected chi connectivity index (χ1v) is 19.9. The molecule has 1 saturated heterocycles. The van der Waals surface area contributed by atoms with Gasteiger partial charge in [0.05, 0.1) is 47.7 Å². The molecule has 0 radical (unpaired) electrons. The SMILES string of the molecule is C[Si](C)(C)CCOCn1c(=O)ncn1-c1ccc(-c2c(CCc3ccc4ccccc4n3)nc3c(N4CCOCC4)ccnn23)cc1. The molecule has 0 N–H and O–H groups in total. The van der Waals surface area contributed by atoms with Crippen LogP contribution in [-0.4, -0.2) is 74.9 Å². The van der Waals surface area contributed by atoms with Gasteiger partial charge in [-0.3, -0.25) is 4.98 Å². The van der Waals surface area contributed by atoms with E-state index in [9.17, 15) is 4.79 Å². The normalized spacial score (nSPS) is 14.0. The van der Waals surface area contributed by atoms with Crippen LogP contribution in [0.2, 0.25) is 25.7 Å². The molecule has 0 amide bonds. The van der Waals surface area contributed by atoms with Crippen molar-refractivity contribution < 1.29 is 9.47 Å². The number of benzene rings is 2. The number of morpholine rings is 1. The van der Waals surface area contributed by atoms with Crippen LogP contribution in [-0.2, 0) is 29.0 Å². The molecule has 0 aliphatic carbocycles. The van der Waals surface area contributed by atoms with Crippen LogP contribution in [0.15, 0.2) is 84.0 Å². The highest BCUT2D eigenvalue weighted by Gasteiger charge is 2.22. The molecule has 1 aliphatic rings. The predicted molar refractivity (Wildman–Crippen MR) is 186 cm³/mol. The van der Waals surface area contributed by atoms with Crippen LogP contribution in [0.4, 0.5) is 5.69 Å². The van der Waals surface area contributed by atoms with Crippen LogP contribution in [0.25, 0.3) is 33.5 Å². The van der Waals surface area contributed by atoms with Crippen LogP contribution < -0.4 is 10.6 Å². The van der Waals surface area contributed by atoms with Crippen molar-refractivity contribution in [3.05, 3.63) is 101 Å². The Labute approximate surface area is 274 Å². The second-order valence-electron chi connectivity index (χ2n) is 13.1. The van der Waals surface area contributed by atoms with Crippen LogP contribution in [0.3, 0.4) is 0 Å². The van der Waals surface area contributed by atoms with Crippen LogP contribution in [0.1, 0.15) is 11.4 Å². The Morgan fingerprint density at radius 3 is 2.53 bits per heavy atom. The van der Waals surface area contributed by atoms with Gasteiger partial charge in [-0.1, -0.05) is 56.0 Å². The van der Waals surface area contributed by atoms with E-state index in [2.05, 4.69) is 65.9 Å². The topological polar surface area (TPSA) is 105 Å². The molecular weight excluding hydrogens is 609 g/mol. The maximum atomic E-state index is 12.6. The number of aromatic nitrogens is 7. The summed E-state index contributed by atoms with van der Waals surface area (Å²) in [6.45, 7) is 10.7. The van der Waals surface area contributed by atoms with Crippen molar-refractivity contribution >= 4 is 30.3 Å². The van der Waals surface area contributed by atoms with E-state index in [0.29, 0.717) is 26.2 Å². The number of ether oxygens (including phenoxy) is 2. The minimum atomic E-state index is -1.24. The molecule has 0 atom stereocenters. The summed E-state index contributed by atoms with van der Waals surface area (Å²) in [4.78, 5) is 29.1. The highest BCUT2D eigenvalue weighted by atomic mass is 28.3. The number of rotatable bonds is 11. The molecule has 47 heavy (non-hydrogen) atoms. The van der Waals surface area contributed by atoms with Gasteiger partial charge >= 0.3 is 5.69 Å². The number of hydrogen-bond donors (Lipinski definition) is 0. The Hall–Kier alpha value is -4.65. The average molecular weight is 649 g/mol. The summed E-state index contributed by atoms with van der Waals surface area (Å²) < 4.78 is 16.7. The van der Waals surface area contributed by atoms with Crippen LogP contribution >= 0.6 is 0 Å². The zero-order valence-electron chi connectivity index (χ0n) is 27.2. The molecule has 6 aromatic rings. The summed E-state index contributed by atoms with van der Waals surface area (Å²) in [6.07, 6.45) is 4.83. The molecule has 11 nitrogen and oxygen atoms in total. The van der Waals surface area contributed by atoms with Gasteiger partial charge in [0.25, 0.3) is 0 Å². The second kappa shape index (κ2) is 13.2. The predicted octanol–water partition coefficient (Wildman–Crippen LogP) is 5.23. The lowest BCUT2D eigenvalue weighted by atomic mass is 10.1. The molecular formula is C35H40N8O3Si. The third-order valence-corrected chi connectivity index (χ3v) is 10.3. The molecule has 1 fully saturated rings. The molecule has 5 heterocycles. The van der Waals surface area contributed by atoms with Crippen molar-refractivity contribution in [1.29, 1.82) is 0 Å². The van der Waals surface area contributed by atoms with E-state index in [0.717, 1.165) is 76.1 Å². The third-order valence-electron chi connectivity index (χ3n) is 8.57. The number of fused-ring (bicyclic) bond motifs is 2. The molecule has 0 spiro atoms. The standard InChI is InChI=1S/C35H40N8O3Si/c1-47(2,3)23-22-46-25-42-35(44)36-24-41(42)29-13-9-27(10-14-29)33-31(15-12-28-11-8-26-6-4-5-7-30(26)38-28)39-34-32(16-17-37-43(33)34)40-18-20-45-21-19-40/h4-11,13-14,16-17,24H,12,15,18-23,25H2,1-3H3. The summed E-state index contributed by atoms with van der Waals surface area (Å²) in [6, 6.07) is 23.6. The summed E-state index contributed by atoms with van der Waals surface area (Å²) in [5, 5.41) is 5.92. The summed E-state index contributed by atoms with van der Waals surface area (Å²) in [7, 11) is -1.24. The number of nitrogens with zero attached hydrogens (tertiary/aromatic N) is 8. The number of para-hydroxylation sites is 1.